The van der Waals surface area contributed by atoms with E-state index in [9.17, 15) is 4.79 Å². The van der Waals surface area contributed by atoms with Crippen LogP contribution in [0.5, 0.6) is 0 Å². The summed E-state index contributed by atoms with van der Waals surface area (Å²) in [4.78, 5) is 14.4. The van der Waals surface area contributed by atoms with Gasteiger partial charge in [0, 0.05) is 43.6 Å². The molecule has 0 radical (unpaired) electrons. The van der Waals surface area contributed by atoms with Crippen molar-refractivity contribution >= 4 is 11.6 Å². The molecule has 1 amide bonds. The van der Waals surface area contributed by atoms with Crippen molar-refractivity contribution in [1.29, 1.82) is 0 Å². The molecule has 0 unspecified atom stereocenters. The van der Waals surface area contributed by atoms with E-state index in [1.54, 1.807) is 0 Å². The first-order valence-corrected chi connectivity index (χ1v) is 8.43. The highest BCUT2D eigenvalue weighted by Crippen LogP contribution is 2.28. The summed E-state index contributed by atoms with van der Waals surface area (Å²) < 4.78 is 2.08. The lowest BCUT2D eigenvalue weighted by Crippen LogP contribution is -2.29. The van der Waals surface area contributed by atoms with Crippen LogP contribution in [0, 0.1) is 5.92 Å². The largest absolute Gasteiger partial charge is 0.365 e. The summed E-state index contributed by atoms with van der Waals surface area (Å²) in [6.07, 6.45) is 8.15. The third kappa shape index (κ3) is 2.96. The maximum atomic E-state index is 12.1. The van der Waals surface area contributed by atoms with Gasteiger partial charge in [-0.2, -0.15) is 5.10 Å². The fourth-order valence-corrected chi connectivity index (χ4v) is 3.37. The Balaban J connectivity index is 1.51. The lowest BCUT2D eigenvalue weighted by Gasteiger charge is -2.25. The number of rotatable bonds is 4. The van der Waals surface area contributed by atoms with Gasteiger partial charge in [-0.05, 0) is 30.9 Å². The lowest BCUT2D eigenvalue weighted by molar-refractivity contribution is 0.0958. The molecule has 1 fully saturated rings. The average Bonchev–Trinajstić information content (AvgIpc) is 2.90. The summed E-state index contributed by atoms with van der Waals surface area (Å²) in [5.74, 6) is 0.826. The number of carbonyl (C=O) groups is 1. The summed E-state index contributed by atoms with van der Waals surface area (Å²) >= 11 is 0. The zero-order chi connectivity index (χ0) is 15.6. The van der Waals surface area contributed by atoms with E-state index >= 15 is 0 Å². The van der Waals surface area contributed by atoms with E-state index in [2.05, 4.69) is 26.2 Å². The number of nitrogens with one attached hydrogen (secondary N) is 1. The van der Waals surface area contributed by atoms with Crippen LogP contribution in [0.25, 0.3) is 0 Å². The molecule has 2 aromatic rings. The Morgan fingerprint density at radius 1 is 1.26 bits per heavy atom. The van der Waals surface area contributed by atoms with Crippen molar-refractivity contribution in [2.24, 2.45) is 5.92 Å². The monoisotopic (exact) mass is 310 g/mol. The van der Waals surface area contributed by atoms with Gasteiger partial charge in [0.2, 0.25) is 0 Å². The van der Waals surface area contributed by atoms with Crippen LogP contribution >= 0.6 is 0 Å². The van der Waals surface area contributed by atoms with Crippen LogP contribution in [0.1, 0.15) is 35.2 Å². The molecule has 0 atom stereocenters. The number of para-hydroxylation sites is 1. The van der Waals surface area contributed by atoms with Crippen LogP contribution in [-0.2, 0) is 13.1 Å². The minimum atomic E-state index is 0.0174. The Morgan fingerprint density at radius 2 is 2.13 bits per heavy atom. The molecule has 1 aromatic heterocycles. The van der Waals surface area contributed by atoms with E-state index in [1.807, 2.05) is 30.5 Å². The molecule has 23 heavy (non-hydrogen) atoms. The van der Waals surface area contributed by atoms with Crippen molar-refractivity contribution in [3.8, 4) is 0 Å². The van der Waals surface area contributed by atoms with Crippen LogP contribution in [0.3, 0.4) is 0 Å². The van der Waals surface area contributed by atoms with E-state index in [-0.39, 0.29) is 5.91 Å². The minimum absolute atomic E-state index is 0.0174. The van der Waals surface area contributed by atoms with Crippen LogP contribution in [0.15, 0.2) is 36.7 Å². The number of amides is 1. The Kier molecular flexibility index (Phi) is 3.77. The molecule has 2 aliphatic rings. The third-order valence-electron chi connectivity index (χ3n) is 4.89. The van der Waals surface area contributed by atoms with Crippen LogP contribution in [-0.4, -0.2) is 28.8 Å². The Hall–Kier alpha value is -2.30. The summed E-state index contributed by atoms with van der Waals surface area (Å²) in [5.41, 5.74) is 2.97. The minimum Gasteiger partial charge on any atom is -0.365 e. The Labute approximate surface area is 136 Å². The standard InChI is InChI=1S/C18H22N4O/c23-18-16-6-1-2-7-17(16)21(9-8-19-18)11-15-10-20-22(13-15)12-14-4-3-5-14/h1-2,6-7,10,13-14H,3-5,8-9,11-12H2,(H,19,23). The molecule has 1 N–H and O–H groups in total. The number of benzene rings is 1. The summed E-state index contributed by atoms with van der Waals surface area (Å²) in [6, 6.07) is 7.82. The summed E-state index contributed by atoms with van der Waals surface area (Å²) in [5, 5.41) is 7.47. The molecule has 1 aliphatic heterocycles. The SMILES string of the molecule is O=C1NCCN(Cc2cnn(CC3CCC3)c2)c2ccccc21. The highest BCUT2D eigenvalue weighted by molar-refractivity contribution is 6.00. The Bertz CT molecular complexity index is 705. The van der Waals surface area contributed by atoms with Crippen LogP contribution in [0.4, 0.5) is 5.69 Å². The molecule has 0 bridgehead atoms. The van der Waals surface area contributed by atoms with Crippen molar-refractivity contribution in [2.75, 3.05) is 18.0 Å². The molecule has 0 saturated heterocycles. The normalized spacial score (nSPS) is 18.1. The van der Waals surface area contributed by atoms with E-state index in [0.29, 0.717) is 6.54 Å². The fourth-order valence-electron chi connectivity index (χ4n) is 3.37. The molecule has 4 rings (SSSR count). The molecule has 0 spiro atoms. The van der Waals surface area contributed by atoms with E-state index in [1.165, 1.54) is 24.8 Å². The summed E-state index contributed by atoms with van der Waals surface area (Å²) in [6.45, 7) is 3.31. The van der Waals surface area contributed by atoms with Gasteiger partial charge in [-0.25, -0.2) is 0 Å². The number of carbonyl (C=O) groups excluding carboxylic acids is 1. The number of nitrogens with zero attached hydrogens (tertiary/aromatic N) is 3. The maximum Gasteiger partial charge on any atom is 0.253 e. The van der Waals surface area contributed by atoms with Crippen molar-refractivity contribution in [3.63, 3.8) is 0 Å². The van der Waals surface area contributed by atoms with Gasteiger partial charge in [0.05, 0.1) is 11.8 Å². The second kappa shape index (κ2) is 6.07. The molecule has 1 saturated carbocycles. The van der Waals surface area contributed by atoms with E-state index < -0.39 is 0 Å². The van der Waals surface area contributed by atoms with Gasteiger partial charge >= 0.3 is 0 Å². The van der Waals surface area contributed by atoms with Crippen molar-refractivity contribution in [1.82, 2.24) is 15.1 Å². The Morgan fingerprint density at radius 3 is 2.96 bits per heavy atom. The van der Waals surface area contributed by atoms with Crippen LogP contribution < -0.4 is 10.2 Å². The maximum absolute atomic E-state index is 12.1. The molecular formula is C18H22N4O. The molecule has 5 nitrogen and oxygen atoms in total. The van der Waals surface area contributed by atoms with Crippen molar-refractivity contribution in [3.05, 3.63) is 47.8 Å². The van der Waals surface area contributed by atoms with Gasteiger partial charge in [0.1, 0.15) is 0 Å². The number of hydrogen-bond donors (Lipinski definition) is 1. The van der Waals surface area contributed by atoms with E-state index in [4.69, 9.17) is 0 Å². The first-order valence-electron chi connectivity index (χ1n) is 8.43. The number of fused-ring (bicyclic) bond motifs is 1. The van der Waals surface area contributed by atoms with Gasteiger partial charge in [0.15, 0.2) is 0 Å². The third-order valence-corrected chi connectivity index (χ3v) is 4.89. The number of hydrogen-bond acceptors (Lipinski definition) is 3. The van der Waals surface area contributed by atoms with Gasteiger partial charge < -0.3 is 10.2 Å². The van der Waals surface area contributed by atoms with Crippen molar-refractivity contribution in [2.45, 2.75) is 32.4 Å². The molecule has 120 valence electrons. The van der Waals surface area contributed by atoms with Gasteiger partial charge in [-0.3, -0.25) is 9.48 Å². The predicted octanol–water partition coefficient (Wildman–Crippen LogP) is 2.43. The smallest absolute Gasteiger partial charge is 0.253 e. The molecule has 1 aliphatic carbocycles. The quantitative estimate of drug-likeness (QED) is 0.943. The predicted molar refractivity (Wildman–Crippen MR) is 89.4 cm³/mol. The van der Waals surface area contributed by atoms with Crippen molar-refractivity contribution < 1.29 is 4.79 Å². The average molecular weight is 310 g/mol. The molecular weight excluding hydrogens is 288 g/mol. The van der Waals surface area contributed by atoms with Crippen LogP contribution in [0.2, 0.25) is 0 Å². The molecule has 1 aromatic carbocycles. The molecule has 2 heterocycles. The summed E-state index contributed by atoms with van der Waals surface area (Å²) in [7, 11) is 0. The second-order valence-electron chi connectivity index (χ2n) is 6.56. The fraction of sp³-hybridized carbons (Fsp3) is 0.444. The second-order valence-corrected chi connectivity index (χ2v) is 6.56. The highest BCUT2D eigenvalue weighted by atomic mass is 16.1. The topological polar surface area (TPSA) is 50.2 Å². The first kappa shape index (κ1) is 14.3. The van der Waals surface area contributed by atoms with Gasteiger partial charge in [-0.15, -0.1) is 0 Å². The van der Waals surface area contributed by atoms with Gasteiger partial charge in [0.25, 0.3) is 5.91 Å². The number of anilines is 1. The number of aromatic nitrogens is 2. The first-order chi connectivity index (χ1) is 11.3. The lowest BCUT2D eigenvalue weighted by atomic mass is 9.85. The van der Waals surface area contributed by atoms with Gasteiger partial charge in [-0.1, -0.05) is 18.6 Å². The molecule has 5 heteroatoms. The van der Waals surface area contributed by atoms with E-state index in [0.717, 1.165) is 36.8 Å². The highest BCUT2D eigenvalue weighted by Gasteiger charge is 2.21. The zero-order valence-electron chi connectivity index (χ0n) is 13.2. The zero-order valence-corrected chi connectivity index (χ0v) is 13.2.